The fraction of sp³-hybridized carbons (Fsp3) is 0.600. The lowest BCUT2D eigenvalue weighted by Gasteiger charge is -2.31. The van der Waals surface area contributed by atoms with Gasteiger partial charge in [0.1, 0.15) is 0 Å². The van der Waals surface area contributed by atoms with E-state index >= 15 is 0 Å². The van der Waals surface area contributed by atoms with Crippen molar-refractivity contribution in [3.63, 3.8) is 0 Å². The number of rotatable bonds is 3. The fourth-order valence-corrected chi connectivity index (χ4v) is 2.39. The molecule has 0 unspecified atom stereocenters. The molecular weight excluding hydrogens is 262 g/mol. The summed E-state index contributed by atoms with van der Waals surface area (Å²) in [5.74, 6) is 0.207. The Labute approximate surface area is 114 Å². The zero-order valence-electron chi connectivity index (χ0n) is 11.0. The Kier molecular flexibility index (Phi) is 3.05. The van der Waals surface area contributed by atoms with Gasteiger partial charge in [0.2, 0.25) is 5.95 Å². The summed E-state index contributed by atoms with van der Waals surface area (Å²) < 4.78 is 3.37. The first-order valence-corrected chi connectivity index (χ1v) is 6.34. The minimum atomic E-state index is -0.557. The van der Waals surface area contributed by atoms with Crippen LogP contribution in [0.25, 0.3) is 0 Å². The first-order chi connectivity index (χ1) is 9.65. The molecular formula is C10H15N9O. The van der Waals surface area contributed by atoms with Gasteiger partial charge in [-0.2, -0.15) is 0 Å². The minimum Gasteiger partial charge on any atom is -0.364 e. The molecule has 1 aliphatic heterocycles. The quantitative estimate of drug-likeness (QED) is 0.743. The molecule has 1 fully saturated rings. The van der Waals surface area contributed by atoms with Crippen LogP contribution in [0.5, 0.6) is 0 Å². The highest BCUT2D eigenvalue weighted by molar-refractivity contribution is 5.90. The molecule has 10 nitrogen and oxygen atoms in total. The minimum absolute atomic E-state index is 0.199. The Morgan fingerprint density at radius 3 is 2.60 bits per heavy atom. The van der Waals surface area contributed by atoms with Gasteiger partial charge >= 0.3 is 0 Å². The molecule has 1 saturated heterocycles. The number of anilines is 1. The number of tetrazole rings is 1. The van der Waals surface area contributed by atoms with Gasteiger partial charge in [-0.05, 0) is 23.3 Å². The molecule has 0 radical (unpaired) electrons. The SMILES string of the molecule is Cn1nnnc1N1CCC(n2cc(C(N)=O)nn2)CC1. The maximum absolute atomic E-state index is 11.0. The van der Waals surface area contributed by atoms with Crippen molar-refractivity contribution in [1.29, 1.82) is 0 Å². The molecule has 20 heavy (non-hydrogen) atoms. The molecule has 0 aromatic carbocycles. The number of primary amides is 1. The van der Waals surface area contributed by atoms with Crippen LogP contribution in [0.4, 0.5) is 5.95 Å². The van der Waals surface area contributed by atoms with E-state index in [1.165, 1.54) is 0 Å². The Morgan fingerprint density at radius 2 is 2.05 bits per heavy atom. The molecule has 0 atom stereocenters. The van der Waals surface area contributed by atoms with E-state index in [1.54, 1.807) is 15.6 Å². The van der Waals surface area contributed by atoms with Crippen LogP contribution in [0, 0.1) is 0 Å². The summed E-state index contributed by atoms with van der Waals surface area (Å²) in [5, 5.41) is 19.2. The largest absolute Gasteiger partial charge is 0.364 e. The molecule has 106 valence electrons. The average molecular weight is 277 g/mol. The second kappa shape index (κ2) is 4.87. The van der Waals surface area contributed by atoms with Gasteiger partial charge in [-0.25, -0.2) is 9.36 Å². The fourth-order valence-electron chi connectivity index (χ4n) is 2.39. The number of carbonyl (C=O) groups excluding carboxylic acids is 1. The van der Waals surface area contributed by atoms with Crippen molar-refractivity contribution >= 4 is 11.9 Å². The molecule has 2 aromatic heterocycles. The Hall–Kier alpha value is -2.52. The van der Waals surface area contributed by atoms with Gasteiger partial charge in [-0.15, -0.1) is 5.10 Å². The van der Waals surface area contributed by atoms with Crippen LogP contribution in [0.2, 0.25) is 0 Å². The third-order valence-electron chi connectivity index (χ3n) is 3.48. The number of carbonyl (C=O) groups is 1. The van der Waals surface area contributed by atoms with Gasteiger partial charge in [0.15, 0.2) is 5.69 Å². The number of aryl methyl sites for hydroxylation is 1. The summed E-state index contributed by atoms with van der Waals surface area (Å²) in [4.78, 5) is 13.1. The molecule has 0 aliphatic carbocycles. The van der Waals surface area contributed by atoms with Crippen molar-refractivity contribution in [1.82, 2.24) is 35.2 Å². The molecule has 3 heterocycles. The number of aromatic nitrogens is 7. The van der Waals surface area contributed by atoms with Crippen LogP contribution in [0.3, 0.4) is 0 Å². The predicted molar refractivity (Wildman–Crippen MR) is 67.8 cm³/mol. The summed E-state index contributed by atoms with van der Waals surface area (Å²) in [6.45, 7) is 1.65. The van der Waals surface area contributed by atoms with E-state index in [0.717, 1.165) is 31.9 Å². The van der Waals surface area contributed by atoms with Gasteiger partial charge in [0.05, 0.1) is 12.2 Å². The third kappa shape index (κ3) is 2.19. The highest BCUT2D eigenvalue weighted by Gasteiger charge is 2.24. The third-order valence-corrected chi connectivity index (χ3v) is 3.48. The molecule has 0 bridgehead atoms. The van der Waals surface area contributed by atoms with Crippen molar-refractivity contribution in [3.05, 3.63) is 11.9 Å². The lowest BCUT2D eigenvalue weighted by atomic mass is 10.1. The van der Waals surface area contributed by atoms with E-state index in [1.807, 2.05) is 7.05 Å². The van der Waals surface area contributed by atoms with Crippen LogP contribution in [-0.2, 0) is 7.05 Å². The normalized spacial score (nSPS) is 16.6. The molecule has 2 aromatic rings. The molecule has 1 aliphatic rings. The molecule has 3 rings (SSSR count). The van der Waals surface area contributed by atoms with Crippen LogP contribution in [-0.4, -0.2) is 54.2 Å². The summed E-state index contributed by atoms with van der Waals surface area (Å²) >= 11 is 0. The second-order valence-electron chi connectivity index (χ2n) is 4.77. The van der Waals surface area contributed by atoms with Gasteiger partial charge in [0, 0.05) is 20.1 Å². The first kappa shape index (κ1) is 12.5. The van der Waals surface area contributed by atoms with Gasteiger partial charge in [-0.1, -0.05) is 10.3 Å². The smallest absolute Gasteiger partial charge is 0.270 e. The number of nitrogens with zero attached hydrogens (tertiary/aromatic N) is 8. The number of amides is 1. The highest BCUT2D eigenvalue weighted by Crippen LogP contribution is 2.24. The van der Waals surface area contributed by atoms with Crippen LogP contribution < -0.4 is 10.6 Å². The molecule has 0 spiro atoms. The average Bonchev–Trinajstić information content (AvgIpc) is 3.07. The number of piperidine rings is 1. The van der Waals surface area contributed by atoms with Crippen LogP contribution in [0.15, 0.2) is 6.20 Å². The van der Waals surface area contributed by atoms with E-state index in [-0.39, 0.29) is 11.7 Å². The van der Waals surface area contributed by atoms with Crippen molar-refractivity contribution in [2.75, 3.05) is 18.0 Å². The number of nitrogens with two attached hydrogens (primary N) is 1. The van der Waals surface area contributed by atoms with Crippen molar-refractivity contribution in [3.8, 4) is 0 Å². The zero-order valence-corrected chi connectivity index (χ0v) is 11.0. The summed E-state index contributed by atoms with van der Waals surface area (Å²) in [5.41, 5.74) is 5.37. The summed E-state index contributed by atoms with van der Waals surface area (Å²) in [7, 11) is 1.82. The number of hydrogen-bond donors (Lipinski definition) is 1. The van der Waals surface area contributed by atoms with Crippen molar-refractivity contribution in [2.24, 2.45) is 12.8 Å². The Bertz CT molecular complexity index is 610. The second-order valence-corrected chi connectivity index (χ2v) is 4.77. The first-order valence-electron chi connectivity index (χ1n) is 6.34. The van der Waals surface area contributed by atoms with Gasteiger partial charge < -0.3 is 10.6 Å². The molecule has 0 saturated carbocycles. The van der Waals surface area contributed by atoms with Crippen LogP contribution in [0.1, 0.15) is 29.4 Å². The van der Waals surface area contributed by atoms with Crippen LogP contribution >= 0.6 is 0 Å². The van der Waals surface area contributed by atoms with Gasteiger partial charge in [0.25, 0.3) is 5.91 Å². The topological polar surface area (TPSA) is 121 Å². The van der Waals surface area contributed by atoms with Gasteiger partial charge in [-0.3, -0.25) is 4.79 Å². The maximum atomic E-state index is 11.0. The summed E-state index contributed by atoms with van der Waals surface area (Å²) in [6.07, 6.45) is 3.37. The van der Waals surface area contributed by atoms with E-state index in [9.17, 15) is 4.79 Å². The van der Waals surface area contributed by atoms with E-state index in [4.69, 9.17) is 5.73 Å². The lowest BCUT2D eigenvalue weighted by molar-refractivity contribution is 0.0995. The lowest BCUT2D eigenvalue weighted by Crippen LogP contribution is -2.36. The number of hydrogen-bond acceptors (Lipinski definition) is 7. The molecule has 2 N–H and O–H groups in total. The Morgan fingerprint density at radius 1 is 1.30 bits per heavy atom. The maximum Gasteiger partial charge on any atom is 0.270 e. The molecule has 10 heteroatoms. The van der Waals surface area contributed by atoms with E-state index in [2.05, 4.69) is 30.7 Å². The Balaban J connectivity index is 1.66. The summed E-state index contributed by atoms with van der Waals surface area (Å²) in [6, 6.07) is 0.216. The van der Waals surface area contributed by atoms with Crippen molar-refractivity contribution in [2.45, 2.75) is 18.9 Å². The monoisotopic (exact) mass is 277 g/mol. The van der Waals surface area contributed by atoms with Crippen molar-refractivity contribution < 1.29 is 4.79 Å². The predicted octanol–water partition coefficient (Wildman–Crippen LogP) is -1.26. The highest BCUT2D eigenvalue weighted by atomic mass is 16.1. The van der Waals surface area contributed by atoms with E-state index < -0.39 is 5.91 Å². The zero-order chi connectivity index (χ0) is 14.1. The molecule has 1 amide bonds. The standard InChI is InChI=1S/C10H15N9O/c1-17-10(13-14-16-17)18-4-2-7(3-5-18)19-6-8(9(11)20)12-15-19/h6-7H,2-5H2,1H3,(H2,11,20). The van der Waals surface area contributed by atoms with E-state index in [0.29, 0.717) is 0 Å².